The zero-order valence-electron chi connectivity index (χ0n) is 8.47. The molecule has 0 spiro atoms. The van der Waals surface area contributed by atoms with Crippen LogP contribution in [-0.2, 0) is 0 Å². The van der Waals surface area contributed by atoms with Gasteiger partial charge in [-0.2, -0.15) is 0 Å². The first-order valence-electron chi connectivity index (χ1n) is 4.74. The van der Waals surface area contributed by atoms with Crippen LogP contribution in [0.3, 0.4) is 0 Å². The van der Waals surface area contributed by atoms with Crippen LogP contribution in [0.4, 0.5) is 0 Å². The number of hydrogen-bond acceptors (Lipinski definition) is 2. The summed E-state index contributed by atoms with van der Waals surface area (Å²) in [5.74, 6) is 0.341. The molecule has 0 aromatic heterocycles. The largest absolute Gasteiger partial charge is 0.507 e. The van der Waals surface area contributed by atoms with Crippen LogP contribution in [0.1, 0.15) is 0 Å². The standard InChI is InChI=1S/C13H12OS/c1-15-12-9-5-8-11(14)13(12)10-6-3-2-4-7-10/h2-9,14H,1H3. The lowest BCUT2D eigenvalue weighted by Gasteiger charge is -2.09. The van der Waals surface area contributed by atoms with E-state index in [2.05, 4.69) is 0 Å². The molecule has 2 heteroatoms. The molecule has 2 rings (SSSR count). The van der Waals surface area contributed by atoms with E-state index in [-0.39, 0.29) is 0 Å². The normalized spacial score (nSPS) is 10.2. The molecule has 0 heterocycles. The van der Waals surface area contributed by atoms with E-state index in [4.69, 9.17) is 0 Å². The maximum absolute atomic E-state index is 9.86. The number of thioether (sulfide) groups is 1. The molecule has 0 aliphatic carbocycles. The van der Waals surface area contributed by atoms with Crippen LogP contribution in [0.2, 0.25) is 0 Å². The Morgan fingerprint density at radius 1 is 0.933 bits per heavy atom. The van der Waals surface area contributed by atoms with E-state index in [9.17, 15) is 5.11 Å². The minimum Gasteiger partial charge on any atom is -0.507 e. The van der Waals surface area contributed by atoms with Crippen LogP contribution in [0.25, 0.3) is 11.1 Å². The van der Waals surface area contributed by atoms with E-state index in [1.54, 1.807) is 17.8 Å². The van der Waals surface area contributed by atoms with E-state index >= 15 is 0 Å². The lowest BCUT2D eigenvalue weighted by atomic mass is 10.0. The molecule has 0 aliphatic rings. The molecule has 1 nitrogen and oxygen atoms in total. The molecule has 0 aliphatic heterocycles. The zero-order valence-corrected chi connectivity index (χ0v) is 9.29. The Labute approximate surface area is 93.8 Å². The van der Waals surface area contributed by atoms with Gasteiger partial charge in [0.2, 0.25) is 0 Å². The fourth-order valence-electron chi connectivity index (χ4n) is 1.58. The summed E-state index contributed by atoms with van der Waals surface area (Å²) in [7, 11) is 0. The lowest BCUT2D eigenvalue weighted by Crippen LogP contribution is -1.82. The Hall–Kier alpha value is -1.41. The van der Waals surface area contributed by atoms with Crippen molar-refractivity contribution in [3.05, 3.63) is 48.5 Å². The fraction of sp³-hybridized carbons (Fsp3) is 0.0769. The SMILES string of the molecule is CSc1cccc(O)c1-c1ccccc1. The second-order valence-corrected chi connectivity index (χ2v) is 4.07. The molecule has 2 aromatic rings. The number of hydrogen-bond donors (Lipinski definition) is 1. The van der Waals surface area contributed by atoms with Crippen LogP contribution in [0.5, 0.6) is 5.75 Å². The van der Waals surface area contributed by atoms with Gasteiger partial charge in [0.25, 0.3) is 0 Å². The number of phenolic OH excluding ortho intramolecular Hbond substituents is 1. The summed E-state index contributed by atoms with van der Waals surface area (Å²) in [4.78, 5) is 1.10. The molecule has 2 aromatic carbocycles. The van der Waals surface area contributed by atoms with Crippen LogP contribution < -0.4 is 0 Å². The van der Waals surface area contributed by atoms with Crippen molar-refractivity contribution in [2.24, 2.45) is 0 Å². The Morgan fingerprint density at radius 3 is 2.33 bits per heavy atom. The van der Waals surface area contributed by atoms with E-state index in [0.717, 1.165) is 16.0 Å². The third-order valence-electron chi connectivity index (χ3n) is 2.29. The van der Waals surface area contributed by atoms with Crippen molar-refractivity contribution in [1.29, 1.82) is 0 Å². The van der Waals surface area contributed by atoms with Gasteiger partial charge in [0.1, 0.15) is 5.75 Å². The number of rotatable bonds is 2. The Kier molecular flexibility index (Phi) is 2.97. The van der Waals surface area contributed by atoms with Gasteiger partial charge in [0.05, 0.1) is 0 Å². The van der Waals surface area contributed by atoms with Crippen molar-refractivity contribution in [2.45, 2.75) is 4.90 Å². The van der Waals surface area contributed by atoms with Gasteiger partial charge in [0.15, 0.2) is 0 Å². The molecular formula is C13H12OS. The molecule has 0 bridgehead atoms. The van der Waals surface area contributed by atoms with Gasteiger partial charge >= 0.3 is 0 Å². The molecule has 0 amide bonds. The number of benzene rings is 2. The van der Waals surface area contributed by atoms with Crippen LogP contribution in [-0.4, -0.2) is 11.4 Å². The number of phenols is 1. The highest BCUT2D eigenvalue weighted by Gasteiger charge is 2.08. The van der Waals surface area contributed by atoms with Crippen LogP contribution in [0.15, 0.2) is 53.4 Å². The quantitative estimate of drug-likeness (QED) is 0.771. The first-order chi connectivity index (χ1) is 7.33. The van der Waals surface area contributed by atoms with E-state index in [1.807, 2.05) is 48.7 Å². The van der Waals surface area contributed by atoms with Gasteiger partial charge in [-0.25, -0.2) is 0 Å². The first kappa shape index (κ1) is 10.1. The Morgan fingerprint density at radius 2 is 1.67 bits per heavy atom. The third kappa shape index (κ3) is 2.00. The smallest absolute Gasteiger partial charge is 0.124 e. The van der Waals surface area contributed by atoms with Crippen LogP contribution in [0, 0.1) is 0 Å². The van der Waals surface area contributed by atoms with E-state index < -0.39 is 0 Å². The van der Waals surface area contributed by atoms with Crippen molar-refractivity contribution in [3.8, 4) is 16.9 Å². The molecular weight excluding hydrogens is 204 g/mol. The molecule has 1 N–H and O–H groups in total. The molecule has 76 valence electrons. The summed E-state index contributed by atoms with van der Waals surface area (Å²) in [6.07, 6.45) is 2.02. The van der Waals surface area contributed by atoms with E-state index in [1.165, 1.54) is 0 Å². The predicted molar refractivity (Wildman–Crippen MR) is 65.3 cm³/mol. The summed E-state index contributed by atoms with van der Waals surface area (Å²) in [6, 6.07) is 15.6. The van der Waals surface area contributed by atoms with Gasteiger partial charge in [-0.3, -0.25) is 0 Å². The molecule has 0 unspecified atom stereocenters. The second-order valence-electron chi connectivity index (χ2n) is 3.22. The summed E-state index contributed by atoms with van der Waals surface area (Å²) in [5.41, 5.74) is 1.98. The van der Waals surface area contributed by atoms with Gasteiger partial charge in [0, 0.05) is 10.5 Å². The lowest BCUT2D eigenvalue weighted by molar-refractivity contribution is 0.476. The maximum atomic E-state index is 9.86. The molecule has 0 fully saturated rings. The van der Waals surface area contributed by atoms with Crippen molar-refractivity contribution in [3.63, 3.8) is 0 Å². The minimum absolute atomic E-state index is 0.341. The first-order valence-corrected chi connectivity index (χ1v) is 5.97. The molecule has 0 saturated carbocycles. The number of aromatic hydroxyl groups is 1. The Bertz CT molecular complexity index is 451. The fourth-order valence-corrected chi connectivity index (χ4v) is 2.23. The third-order valence-corrected chi connectivity index (χ3v) is 3.07. The van der Waals surface area contributed by atoms with Crippen molar-refractivity contribution >= 4 is 11.8 Å². The van der Waals surface area contributed by atoms with Gasteiger partial charge in [-0.05, 0) is 24.0 Å². The summed E-state index contributed by atoms with van der Waals surface area (Å²) >= 11 is 1.64. The monoisotopic (exact) mass is 216 g/mol. The van der Waals surface area contributed by atoms with Gasteiger partial charge in [-0.1, -0.05) is 36.4 Å². The highest BCUT2D eigenvalue weighted by atomic mass is 32.2. The average Bonchev–Trinajstić information content (AvgIpc) is 2.29. The predicted octanol–water partition coefficient (Wildman–Crippen LogP) is 3.78. The average molecular weight is 216 g/mol. The van der Waals surface area contributed by atoms with E-state index in [0.29, 0.717) is 5.75 Å². The van der Waals surface area contributed by atoms with Crippen molar-refractivity contribution in [2.75, 3.05) is 6.26 Å². The highest BCUT2D eigenvalue weighted by molar-refractivity contribution is 7.98. The zero-order chi connectivity index (χ0) is 10.7. The second kappa shape index (κ2) is 4.41. The molecule has 15 heavy (non-hydrogen) atoms. The topological polar surface area (TPSA) is 20.2 Å². The maximum Gasteiger partial charge on any atom is 0.124 e. The van der Waals surface area contributed by atoms with Gasteiger partial charge < -0.3 is 5.11 Å². The molecule has 0 saturated heterocycles. The summed E-state index contributed by atoms with van der Waals surface area (Å²) in [5, 5.41) is 9.86. The summed E-state index contributed by atoms with van der Waals surface area (Å²) in [6.45, 7) is 0. The Balaban J connectivity index is 2.61. The van der Waals surface area contributed by atoms with Gasteiger partial charge in [-0.15, -0.1) is 11.8 Å². The van der Waals surface area contributed by atoms with Crippen LogP contribution >= 0.6 is 11.8 Å². The molecule has 0 atom stereocenters. The highest BCUT2D eigenvalue weighted by Crippen LogP contribution is 2.36. The van der Waals surface area contributed by atoms with Crippen molar-refractivity contribution in [1.82, 2.24) is 0 Å². The minimum atomic E-state index is 0.341. The summed E-state index contributed by atoms with van der Waals surface area (Å²) < 4.78 is 0. The molecule has 0 radical (unpaired) electrons. The van der Waals surface area contributed by atoms with Crippen molar-refractivity contribution < 1.29 is 5.11 Å².